The van der Waals surface area contributed by atoms with Crippen molar-refractivity contribution in [2.45, 2.75) is 32.4 Å². The minimum absolute atomic E-state index is 0.0283. The van der Waals surface area contributed by atoms with E-state index < -0.39 is 0 Å². The molecular formula is C20H23N5O. The average molecular weight is 349 g/mol. The molecule has 2 aliphatic rings. The molecule has 0 radical (unpaired) electrons. The normalized spacial score (nSPS) is 17.8. The number of hydrogen-bond donors (Lipinski definition) is 2. The fraction of sp³-hybridized carbons (Fsp3) is 0.400. The molecule has 3 aromatic rings. The molecule has 5 rings (SSSR count). The fourth-order valence-corrected chi connectivity index (χ4v) is 4.18. The standard InChI is InChI=1S/C20H23N5O/c26-19-16-13-24(12-14-11-21-17-6-2-1-5-15(14)17)10-7-18(16)22-20(23-19)25-8-3-4-9-25/h1-2,5-6,11,21H,3-4,7-10,12-13H2,(H,22,23,26). The number of hydrogen-bond acceptors (Lipinski definition) is 4. The number of anilines is 1. The van der Waals surface area contributed by atoms with Crippen LogP contribution in [-0.2, 0) is 19.5 Å². The van der Waals surface area contributed by atoms with Crippen molar-refractivity contribution in [1.82, 2.24) is 19.9 Å². The molecule has 0 unspecified atom stereocenters. The number of rotatable bonds is 3. The Balaban J connectivity index is 1.39. The molecule has 1 saturated heterocycles. The molecule has 1 aromatic carbocycles. The highest BCUT2D eigenvalue weighted by Gasteiger charge is 2.24. The average Bonchev–Trinajstić information content (AvgIpc) is 3.33. The minimum Gasteiger partial charge on any atom is -0.361 e. The molecule has 2 aromatic heterocycles. The maximum atomic E-state index is 12.6. The van der Waals surface area contributed by atoms with E-state index in [9.17, 15) is 4.79 Å². The Bertz CT molecular complexity index is 999. The fourth-order valence-electron chi connectivity index (χ4n) is 4.18. The molecule has 0 atom stereocenters. The van der Waals surface area contributed by atoms with Crippen molar-refractivity contribution in [3.63, 3.8) is 0 Å². The number of benzene rings is 1. The zero-order valence-electron chi connectivity index (χ0n) is 14.8. The number of aromatic nitrogens is 3. The van der Waals surface area contributed by atoms with E-state index in [-0.39, 0.29) is 5.56 Å². The molecule has 0 spiro atoms. The van der Waals surface area contributed by atoms with Gasteiger partial charge >= 0.3 is 0 Å². The highest BCUT2D eigenvalue weighted by atomic mass is 16.1. The number of H-pyrrole nitrogens is 2. The smallest absolute Gasteiger partial charge is 0.257 e. The summed E-state index contributed by atoms with van der Waals surface area (Å²) in [4.78, 5) is 28.3. The van der Waals surface area contributed by atoms with E-state index >= 15 is 0 Å². The van der Waals surface area contributed by atoms with Gasteiger partial charge in [-0.25, -0.2) is 4.98 Å². The summed E-state index contributed by atoms with van der Waals surface area (Å²) in [5.41, 5.74) is 4.28. The van der Waals surface area contributed by atoms with Gasteiger partial charge in [-0.05, 0) is 24.5 Å². The van der Waals surface area contributed by atoms with Crippen LogP contribution in [0.25, 0.3) is 10.9 Å². The van der Waals surface area contributed by atoms with Gasteiger partial charge in [-0.2, -0.15) is 0 Å². The molecule has 0 aliphatic carbocycles. The Labute approximate surface area is 151 Å². The highest BCUT2D eigenvalue weighted by Crippen LogP contribution is 2.23. The van der Waals surface area contributed by atoms with Crippen molar-refractivity contribution in [3.05, 3.63) is 57.6 Å². The van der Waals surface area contributed by atoms with Crippen LogP contribution in [0.4, 0.5) is 5.95 Å². The van der Waals surface area contributed by atoms with E-state index in [1.165, 1.54) is 23.8 Å². The Morgan fingerprint density at radius 2 is 1.96 bits per heavy atom. The topological polar surface area (TPSA) is 68.0 Å². The predicted molar refractivity (Wildman–Crippen MR) is 102 cm³/mol. The predicted octanol–water partition coefficient (Wildman–Crippen LogP) is 2.41. The first-order chi connectivity index (χ1) is 12.8. The first-order valence-corrected chi connectivity index (χ1v) is 9.42. The summed E-state index contributed by atoms with van der Waals surface area (Å²) in [5.74, 6) is 0.760. The van der Waals surface area contributed by atoms with Crippen molar-refractivity contribution in [2.75, 3.05) is 24.5 Å². The van der Waals surface area contributed by atoms with Crippen LogP contribution in [-0.4, -0.2) is 39.5 Å². The van der Waals surface area contributed by atoms with Gasteiger partial charge < -0.3 is 9.88 Å². The van der Waals surface area contributed by atoms with Crippen molar-refractivity contribution < 1.29 is 0 Å². The Morgan fingerprint density at radius 3 is 2.85 bits per heavy atom. The molecule has 4 heterocycles. The lowest BCUT2D eigenvalue weighted by Gasteiger charge is -2.28. The lowest BCUT2D eigenvalue weighted by molar-refractivity contribution is 0.242. The van der Waals surface area contributed by atoms with Gasteiger partial charge in [0.15, 0.2) is 0 Å². The van der Waals surface area contributed by atoms with Gasteiger partial charge in [0.25, 0.3) is 5.56 Å². The van der Waals surface area contributed by atoms with Gasteiger partial charge in [-0.15, -0.1) is 0 Å². The molecule has 0 saturated carbocycles. The van der Waals surface area contributed by atoms with Crippen molar-refractivity contribution >= 4 is 16.9 Å². The van der Waals surface area contributed by atoms with E-state index in [0.717, 1.165) is 55.3 Å². The number of fused-ring (bicyclic) bond motifs is 2. The van der Waals surface area contributed by atoms with Crippen molar-refractivity contribution in [1.29, 1.82) is 0 Å². The molecule has 1 fully saturated rings. The third-order valence-electron chi connectivity index (χ3n) is 5.61. The van der Waals surface area contributed by atoms with Crippen molar-refractivity contribution in [2.24, 2.45) is 0 Å². The lowest BCUT2D eigenvalue weighted by atomic mass is 10.1. The van der Waals surface area contributed by atoms with Gasteiger partial charge in [0, 0.05) is 56.2 Å². The summed E-state index contributed by atoms with van der Waals surface area (Å²) in [6.45, 7) is 4.43. The molecule has 134 valence electrons. The summed E-state index contributed by atoms with van der Waals surface area (Å²) in [6.07, 6.45) is 5.28. The second-order valence-electron chi connectivity index (χ2n) is 7.33. The van der Waals surface area contributed by atoms with Crippen LogP contribution in [0, 0.1) is 0 Å². The van der Waals surface area contributed by atoms with Crippen LogP contribution in [0.1, 0.15) is 29.7 Å². The van der Waals surface area contributed by atoms with Crippen LogP contribution >= 0.6 is 0 Å². The maximum absolute atomic E-state index is 12.6. The monoisotopic (exact) mass is 349 g/mol. The number of nitrogens with one attached hydrogen (secondary N) is 2. The third kappa shape index (κ3) is 2.70. The van der Waals surface area contributed by atoms with E-state index in [0.29, 0.717) is 6.54 Å². The third-order valence-corrected chi connectivity index (χ3v) is 5.61. The lowest BCUT2D eigenvalue weighted by Crippen LogP contribution is -2.36. The van der Waals surface area contributed by atoms with E-state index in [1.807, 2.05) is 6.07 Å². The zero-order chi connectivity index (χ0) is 17.5. The largest absolute Gasteiger partial charge is 0.361 e. The second-order valence-corrected chi connectivity index (χ2v) is 7.33. The summed E-state index contributed by atoms with van der Waals surface area (Å²) in [5, 5.41) is 1.26. The van der Waals surface area contributed by atoms with Gasteiger partial charge in [0.2, 0.25) is 5.95 Å². The van der Waals surface area contributed by atoms with Crippen LogP contribution in [0.3, 0.4) is 0 Å². The Morgan fingerprint density at radius 1 is 1.12 bits per heavy atom. The summed E-state index contributed by atoms with van der Waals surface area (Å²) in [6, 6.07) is 8.36. The quantitative estimate of drug-likeness (QED) is 0.762. The summed E-state index contributed by atoms with van der Waals surface area (Å²) < 4.78 is 0. The summed E-state index contributed by atoms with van der Waals surface area (Å²) in [7, 11) is 0. The molecule has 0 amide bonds. The Kier molecular flexibility index (Phi) is 3.78. The summed E-state index contributed by atoms with van der Waals surface area (Å²) >= 11 is 0. The highest BCUT2D eigenvalue weighted by molar-refractivity contribution is 5.82. The molecule has 6 nitrogen and oxygen atoms in total. The molecule has 6 heteroatoms. The molecule has 2 aliphatic heterocycles. The molecule has 0 bridgehead atoms. The number of para-hydroxylation sites is 1. The van der Waals surface area contributed by atoms with Crippen molar-refractivity contribution in [3.8, 4) is 0 Å². The number of aromatic amines is 2. The van der Waals surface area contributed by atoms with Gasteiger partial charge in [-0.1, -0.05) is 18.2 Å². The SMILES string of the molecule is O=c1[nH]c(N2CCCC2)nc2c1CN(Cc1c[nH]c3ccccc13)CC2. The van der Waals surface area contributed by atoms with Gasteiger partial charge in [-0.3, -0.25) is 14.7 Å². The molecule has 2 N–H and O–H groups in total. The maximum Gasteiger partial charge on any atom is 0.257 e. The van der Waals surface area contributed by atoms with Crippen LogP contribution in [0.5, 0.6) is 0 Å². The number of nitrogens with zero attached hydrogens (tertiary/aromatic N) is 3. The molecule has 26 heavy (non-hydrogen) atoms. The minimum atomic E-state index is 0.0283. The first-order valence-electron chi connectivity index (χ1n) is 9.42. The van der Waals surface area contributed by atoms with E-state index in [2.05, 4.69) is 44.2 Å². The molecular weight excluding hydrogens is 326 g/mol. The van der Waals surface area contributed by atoms with E-state index in [1.54, 1.807) is 0 Å². The zero-order valence-corrected chi connectivity index (χ0v) is 14.8. The van der Waals surface area contributed by atoms with Crippen LogP contribution < -0.4 is 10.5 Å². The Hall–Kier alpha value is -2.60. The van der Waals surface area contributed by atoms with Crippen LogP contribution in [0.15, 0.2) is 35.3 Å². The first kappa shape index (κ1) is 15.6. The second kappa shape index (κ2) is 6.29. The van der Waals surface area contributed by atoms with Gasteiger partial charge in [0.1, 0.15) is 0 Å². The van der Waals surface area contributed by atoms with Crippen LogP contribution in [0.2, 0.25) is 0 Å². The van der Waals surface area contributed by atoms with E-state index in [4.69, 9.17) is 4.98 Å². The van der Waals surface area contributed by atoms with Gasteiger partial charge in [0.05, 0.1) is 11.3 Å².